The highest BCUT2D eigenvalue weighted by atomic mass is 19.4. The Kier molecular flexibility index (Phi) is 5.04. The summed E-state index contributed by atoms with van der Waals surface area (Å²) in [5.74, 6) is 0. The SMILES string of the molecule is O=c1c2c(c(-c3ccccc3)nn1-c1cc(N3CC[C@H](O)C3)ccc1C(F)(F)F)CCC2. The lowest BCUT2D eigenvalue weighted by atomic mass is 10.0. The van der Waals surface area contributed by atoms with E-state index in [0.717, 1.165) is 28.3 Å². The van der Waals surface area contributed by atoms with Crippen LogP contribution in [0.2, 0.25) is 0 Å². The number of aromatic nitrogens is 2. The molecule has 3 aromatic rings. The van der Waals surface area contributed by atoms with Crippen LogP contribution in [0.15, 0.2) is 53.3 Å². The number of anilines is 1. The fourth-order valence-corrected chi connectivity index (χ4v) is 4.67. The molecule has 8 heteroatoms. The molecule has 0 amide bonds. The topological polar surface area (TPSA) is 58.4 Å². The predicted molar refractivity (Wildman–Crippen MR) is 115 cm³/mol. The summed E-state index contributed by atoms with van der Waals surface area (Å²) in [5, 5.41) is 14.3. The van der Waals surface area contributed by atoms with E-state index in [1.165, 1.54) is 12.1 Å². The first-order valence-corrected chi connectivity index (χ1v) is 10.7. The highest BCUT2D eigenvalue weighted by Gasteiger charge is 2.36. The molecule has 0 bridgehead atoms. The summed E-state index contributed by atoms with van der Waals surface area (Å²) in [5.41, 5.74) is 1.51. The molecule has 0 radical (unpaired) electrons. The van der Waals surface area contributed by atoms with Crippen molar-refractivity contribution in [1.29, 1.82) is 0 Å². The zero-order valence-electron chi connectivity index (χ0n) is 17.3. The Morgan fingerprint density at radius 1 is 1.03 bits per heavy atom. The number of aliphatic hydroxyl groups excluding tert-OH is 1. The van der Waals surface area contributed by atoms with Crippen LogP contribution in [-0.2, 0) is 19.0 Å². The predicted octanol–water partition coefficient (Wildman–Crippen LogP) is 3.98. The van der Waals surface area contributed by atoms with Crippen LogP contribution >= 0.6 is 0 Å². The Balaban J connectivity index is 1.74. The molecular weight excluding hydrogens is 419 g/mol. The zero-order chi connectivity index (χ0) is 22.5. The van der Waals surface area contributed by atoms with Crippen molar-refractivity contribution in [3.63, 3.8) is 0 Å². The van der Waals surface area contributed by atoms with Crippen LogP contribution in [0.1, 0.15) is 29.5 Å². The third-order valence-corrected chi connectivity index (χ3v) is 6.24. The number of rotatable bonds is 3. The van der Waals surface area contributed by atoms with Crippen molar-refractivity contribution < 1.29 is 18.3 Å². The molecule has 1 atom stereocenters. The standard InChI is InChI=1S/C24H22F3N3O2/c25-24(26,27)20-10-9-16(29-12-11-17(31)14-29)13-21(20)30-23(32)19-8-4-7-18(19)22(28-30)15-5-2-1-3-6-15/h1-3,5-6,9-10,13,17,31H,4,7-8,11-12,14H2/t17-/m0/s1. The third-order valence-electron chi connectivity index (χ3n) is 6.24. The normalized spacial score (nSPS) is 18.2. The van der Waals surface area contributed by atoms with Gasteiger partial charge in [0.25, 0.3) is 5.56 Å². The maximum absolute atomic E-state index is 13.9. The summed E-state index contributed by atoms with van der Waals surface area (Å²) < 4.78 is 42.7. The van der Waals surface area contributed by atoms with Gasteiger partial charge in [-0.3, -0.25) is 4.79 Å². The second-order valence-electron chi connectivity index (χ2n) is 8.33. The van der Waals surface area contributed by atoms with Crippen LogP contribution < -0.4 is 10.5 Å². The lowest BCUT2D eigenvalue weighted by Gasteiger charge is -2.22. The average molecular weight is 441 g/mol. The molecule has 5 nitrogen and oxygen atoms in total. The van der Waals surface area contributed by atoms with Crippen molar-refractivity contribution >= 4 is 5.69 Å². The van der Waals surface area contributed by atoms with Gasteiger partial charge in [-0.1, -0.05) is 30.3 Å². The van der Waals surface area contributed by atoms with E-state index in [4.69, 9.17) is 0 Å². The number of nitrogens with zero attached hydrogens (tertiary/aromatic N) is 3. The lowest BCUT2D eigenvalue weighted by Crippen LogP contribution is -2.29. The minimum Gasteiger partial charge on any atom is -0.391 e. The fraction of sp³-hybridized carbons (Fsp3) is 0.333. The van der Waals surface area contributed by atoms with Gasteiger partial charge in [-0.2, -0.15) is 23.0 Å². The smallest absolute Gasteiger partial charge is 0.391 e. The van der Waals surface area contributed by atoms with Crippen molar-refractivity contribution in [3.8, 4) is 16.9 Å². The first-order chi connectivity index (χ1) is 15.3. The lowest BCUT2D eigenvalue weighted by molar-refractivity contribution is -0.137. The summed E-state index contributed by atoms with van der Waals surface area (Å²) in [4.78, 5) is 15.1. The number of benzene rings is 2. The van der Waals surface area contributed by atoms with Gasteiger partial charge < -0.3 is 10.0 Å². The van der Waals surface area contributed by atoms with Crippen LogP contribution in [0.4, 0.5) is 18.9 Å². The minimum absolute atomic E-state index is 0.284. The van der Waals surface area contributed by atoms with Crippen molar-refractivity contribution in [1.82, 2.24) is 9.78 Å². The summed E-state index contributed by atoms with van der Waals surface area (Å²) >= 11 is 0. The van der Waals surface area contributed by atoms with E-state index >= 15 is 0 Å². The molecule has 0 unspecified atom stereocenters. The number of β-amino-alcohol motifs (C(OH)–C–C–N with tert-alkyl or cyclic N) is 1. The van der Waals surface area contributed by atoms with Crippen molar-refractivity contribution in [2.75, 3.05) is 18.0 Å². The Bertz CT molecular complexity index is 1220. The van der Waals surface area contributed by atoms with Crippen LogP contribution in [0.25, 0.3) is 16.9 Å². The largest absolute Gasteiger partial charge is 0.418 e. The summed E-state index contributed by atoms with van der Waals surface area (Å²) in [6.07, 6.45) is -2.65. The number of aliphatic hydroxyl groups is 1. The number of alkyl halides is 3. The van der Waals surface area contributed by atoms with Crippen LogP contribution in [0.5, 0.6) is 0 Å². The van der Waals surface area contributed by atoms with Crippen LogP contribution in [0, 0.1) is 0 Å². The average Bonchev–Trinajstić information content (AvgIpc) is 3.43. The molecule has 0 spiro atoms. The number of hydrogen-bond donors (Lipinski definition) is 1. The van der Waals surface area contributed by atoms with Crippen LogP contribution in [0.3, 0.4) is 0 Å². The molecule has 1 aliphatic heterocycles. The van der Waals surface area contributed by atoms with E-state index in [9.17, 15) is 23.1 Å². The highest BCUT2D eigenvalue weighted by molar-refractivity contribution is 5.66. The second kappa shape index (κ2) is 7.78. The fourth-order valence-electron chi connectivity index (χ4n) is 4.67. The molecule has 1 N–H and O–H groups in total. The minimum atomic E-state index is -4.65. The van der Waals surface area contributed by atoms with Gasteiger partial charge in [0.2, 0.25) is 0 Å². The molecule has 1 aromatic heterocycles. The Morgan fingerprint density at radius 3 is 2.47 bits per heavy atom. The van der Waals surface area contributed by atoms with Crippen molar-refractivity contribution in [2.24, 2.45) is 0 Å². The van der Waals surface area contributed by atoms with Gasteiger partial charge in [0.15, 0.2) is 0 Å². The summed E-state index contributed by atoms with van der Waals surface area (Å²) in [6.45, 7) is 0.875. The van der Waals surface area contributed by atoms with Gasteiger partial charge in [0.1, 0.15) is 0 Å². The van der Waals surface area contributed by atoms with E-state index in [2.05, 4.69) is 5.10 Å². The second-order valence-corrected chi connectivity index (χ2v) is 8.33. The summed E-state index contributed by atoms with van der Waals surface area (Å²) in [6, 6.07) is 13.0. The zero-order valence-corrected chi connectivity index (χ0v) is 17.3. The third kappa shape index (κ3) is 3.58. The molecule has 2 aliphatic rings. The van der Waals surface area contributed by atoms with E-state index in [0.29, 0.717) is 49.3 Å². The van der Waals surface area contributed by atoms with Gasteiger partial charge in [-0.25, -0.2) is 0 Å². The Labute approximate surface area is 182 Å². The molecule has 1 aliphatic carbocycles. The maximum atomic E-state index is 13.9. The quantitative estimate of drug-likeness (QED) is 0.668. The molecular formula is C24H22F3N3O2. The molecule has 32 heavy (non-hydrogen) atoms. The molecule has 0 saturated carbocycles. The van der Waals surface area contributed by atoms with Gasteiger partial charge >= 0.3 is 6.18 Å². The Hall–Kier alpha value is -3.13. The highest BCUT2D eigenvalue weighted by Crippen LogP contribution is 2.37. The number of fused-ring (bicyclic) bond motifs is 1. The van der Waals surface area contributed by atoms with Gasteiger partial charge in [-0.05, 0) is 49.4 Å². The van der Waals surface area contributed by atoms with Gasteiger partial charge in [0.05, 0.1) is 23.0 Å². The van der Waals surface area contributed by atoms with Crippen molar-refractivity contribution in [2.45, 2.75) is 38.0 Å². The first-order valence-electron chi connectivity index (χ1n) is 10.7. The monoisotopic (exact) mass is 441 g/mol. The van der Waals surface area contributed by atoms with Gasteiger partial charge in [0, 0.05) is 29.9 Å². The van der Waals surface area contributed by atoms with Crippen molar-refractivity contribution in [3.05, 3.63) is 75.6 Å². The van der Waals surface area contributed by atoms with Gasteiger partial charge in [-0.15, -0.1) is 0 Å². The van der Waals surface area contributed by atoms with E-state index in [1.807, 2.05) is 35.2 Å². The maximum Gasteiger partial charge on any atom is 0.418 e. The Morgan fingerprint density at radius 2 is 1.78 bits per heavy atom. The van der Waals surface area contributed by atoms with Crippen LogP contribution in [-0.4, -0.2) is 34.1 Å². The number of hydrogen-bond acceptors (Lipinski definition) is 4. The van der Waals surface area contributed by atoms with E-state index in [-0.39, 0.29) is 5.69 Å². The molecule has 1 saturated heterocycles. The molecule has 2 aromatic carbocycles. The van der Waals surface area contributed by atoms with E-state index < -0.39 is 23.4 Å². The molecule has 1 fully saturated rings. The first kappa shape index (κ1) is 20.8. The molecule has 166 valence electrons. The molecule has 5 rings (SSSR count). The molecule has 2 heterocycles. The summed E-state index contributed by atoms with van der Waals surface area (Å²) in [7, 11) is 0. The number of halogens is 3. The van der Waals surface area contributed by atoms with E-state index in [1.54, 1.807) is 0 Å².